The van der Waals surface area contributed by atoms with Crippen molar-refractivity contribution in [1.82, 2.24) is 9.38 Å². The second-order valence-corrected chi connectivity index (χ2v) is 2.94. The Hall–Kier alpha value is -1.58. The molecule has 2 heterocycles. The highest BCUT2D eigenvalue weighted by atomic mass is 19.1. The van der Waals surface area contributed by atoms with Gasteiger partial charge < -0.3 is 9.72 Å². The van der Waals surface area contributed by atoms with Crippen LogP contribution in [0.2, 0.25) is 0 Å². The van der Waals surface area contributed by atoms with Gasteiger partial charge in [-0.3, -0.25) is 0 Å². The summed E-state index contributed by atoms with van der Waals surface area (Å²) in [7, 11) is 1.75. The van der Waals surface area contributed by atoms with Crippen LogP contribution in [0.5, 0.6) is 0 Å². The van der Waals surface area contributed by atoms with E-state index < -0.39 is 0 Å². The van der Waals surface area contributed by atoms with E-state index in [4.69, 9.17) is 0 Å². The maximum atomic E-state index is 13.3. The fraction of sp³-hybridized carbons (Fsp3) is 0.364. The van der Waals surface area contributed by atoms with Crippen LogP contribution in [0.4, 0.5) is 10.1 Å². The standard InChI is InChI=1S/C9H10FN3.C2H6/c1-6-4-13-5-7(11-2)3-8(10)9(13)12-6;1-2/h3-5,11H,1-2H3;1-2H3. The van der Waals surface area contributed by atoms with Crippen molar-refractivity contribution in [2.24, 2.45) is 0 Å². The lowest BCUT2D eigenvalue weighted by molar-refractivity contribution is 0.630. The Kier molecular flexibility index (Phi) is 3.66. The van der Waals surface area contributed by atoms with E-state index in [-0.39, 0.29) is 5.82 Å². The summed E-state index contributed by atoms with van der Waals surface area (Å²) in [5, 5.41) is 2.88. The van der Waals surface area contributed by atoms with Crippen LogP contribution < -0.4 is 5.32 Å². The lowest BCUT2D eigenvalue weighted by Gasteiger charge is -2.01. The summed E-state index contributed by atoms with van der Waals surface area (Å²) in [5.41, 5.74) is 1.92. The lowest BCUT2D eigenvalue weighted by atomic mass is 10.4. The summed E-state index contributed by atoms with van der Waals surface area (Å²) in [5.74, 6) is -0.306. The Labute approximate surface area is 89.0 Å². The summed E-state index contributed by atoms with van der Waals surface area (Å²) in [6.45, 7) is 5.84. The van der Waals surface area contributed by atoms with Crippen LogP contribution in [0.3, 0.4) is 0 Å². The van der Waals surface area contributed by atoms with Crippen LogP contribution in [0.1, 0.15) is 19.5 Å². The molecule has 0 aliphatic rings. The molecule has 82 valence electrons. The van der Waals surface area contributed by atoms with Crippen LogP contribution in [-0.2, 0) is 0 Å². The molecule has 0 saturated carbocycles. The first-order valence-electron chi connectivity index (χ1n) is 5.03. The van der Waals surface area contributed by atoms with Crippen molar-refractivity contribution >= 4 is 11.3 Å². The average Bonchev–Trinajstić information content (AvgIpc) is 2.62. The average molecular weight is 209 g/mol. The summed E-state index contributed by atoms with van der Waals surface area (Å²) in [6, 6.07) is 1.43. The van der Waals surface area contributed by atoms with Gasteiger partial charge in [-0.2, -0.15) is 0 Å². The smallest absolute Gasteiger partial charge is 0.173 e. The van der Waals surface area contributed by atoms with Crippen LogP contribution in [0.15, 0.2) is 18.5 Å². The fourth-order valence-electron chi connectivity index (χ4n) is 1.32. The molecule has 2 aromatic heterocycles. The van der Waals surface area contributed by atoms with Gasteiger partial charge in [0, 0.05) is 25.5 Å². The molecule has 4 heteroatoms. The third kappa shape index (κ3) is 2.26. The van der Waals surface area contributed by atoms with Crippen molar-refractivity contribution in [3.63, 3.8) is 0 Å². The maximum Gasteiger partial charge on any atom is 0.173 e. The third-order valence-electron chi connectivity index (χ3n) is 1.92. The number of fused-ring (bicyclic) bond motifs is 1. The quantitative estimate of drug-likeness (QED) is 0.782. The van der Waals surface area contributed by atoms with Crippen molar-refractivity contribution in [3.8, 4) is 0 Å². The van der Waals surface area contributed by atoms with Gasteiger partial charge in [-0.05, 0) is 6.92 Å². The largest absolute Gasteiger partial charge is 0.387 e. The molecule has 0 radical (unpaired) electrons. The Morgan fingerprint density at radius 3 is 2.60 bits per heavy atom. The van der Waals surface area contributed by atoms with Gasteiger partial charge in [-0.15, -0.1) is 0 Å². The first-order chi connectivity index (χ1) is 7.20. The van der Waals surface area contributed by atoms with Gasteiger partial charge in [0.25, 0.3) is 0 Å². The van der Waals surface area contributed by atoms with Crippen molar-refractivity contribution in [3.05, 3.63) is 30.0 Å². The molecular formula is C11H16FN3. The van der Waals surface area contributed by atoms with E-state index >= 15 is 0 Å². The summed E-state index contributed by atoms with van der Waals surface area (Å²) < 4.78 is 15.0. The minimum Gasteiger partial charge on any atom is -0.387 e. The van der Waals surface area contributed by atoms with Gasteiger partial charge in [0.2, 0.25) is 0 Å². The number of aryl methyl sites for hydroxylation is 1. The van der Waals surface area contributed by atoms with E-state index in [1.807, 2.05) is 20.8 Å². The highest BCUT2D eigenvalue weighted by Crippen LogP contribution is 2.14. The Morgan fingerprint density at radius 2 is 2.00 bits per heavy atom. The lowest BCUT2D eigenvalue weighted by Crippen LogP contribution is -1.94. The summed E-state index contributed by atoms with van der Waals surface area (Å²) >= 11 is 0. The molecule has 0 bridgehead atoms. The molecule has 0 aromatic carbocycles. The predicted octanol–water partition coefficient (Wildman–Crippen LogP) is 2.85. The molecule has 0 fully saturated rings. The van der Waals surface area contributed by atoms with Gasteiger partial charge in [0.15, 0.2) is 11.5 Å². The maximum absolute atomic E-state index is 13.3. The minimum absolute atomic E-state index is 0.306. The number of aromatic nitrogens is 2. The zero-order chi connectivity index (χ0) is 11.4. The predicted molar refractivity (Wildman–Crippen MR) is 60.8 cm³/mol. The third-order valence-corrected chi connectivity index (χ3v) is 1.92. The number of nitrogens with one attached hydrogen (secondary N) is 1. The van der Waals surface area contributed by atoms with Crippen molar-refractivity contribution in [2.45, 2.75) is 20.8 Å². The molecule has 1 N–H and O–H groups in total. The summed E-state index contributed by atoms with van der Waals surface area (Å²) in [6.07, 6.45) is 3.59. The molecule has 2 aromatic rings. The van der Waals surface area contributed by atoms with Crippen LogP contribution in [0, 0.1) is 12.7 Å². The van der Waals surface area contributed by atoms with E-state index in [1.165, 1.54) is 6.07 Å². The number of rotatable bonds is 1. The van der Waals surface area contributed by atoms with E-state index in [9.17, 15) is 4.39 Å². The SMILES string of the molecule is CC.CNc1cc(F)c2nc(C)cn2c1. The molecule has 0 unspecified atom stereocenters. The van der Waals surface area contributed by atoms with Gasteiger partial charge in [-0.25, -0.2) is 9.37 Å². The van der Waals surface area contributed by atoms with Gasteiger partial charge in [0.1, 0.15) is 0 Å². The summed E-state index contributed by atoms with van der Waals surface area (Å²) in [4.78, 5) is 4.05. The zero-order valence-corrected chi connectivity index (χ0v) is 9.50. The van der Waals surface area contributed by atoms with Gasteiger partial charge in [0.05, 0.1) is 11.4 Å². The molecule has 0 atom stereocenters. The molecule has 3 nitrogen and oxygen atoms in total. The van der Waals surface area contributed by atoms with Crippen LogP contribution >= 0.6 is 0 Å². The molecular weight excluding hydrogens is 193 g/mol. The van der Waals surface area contributed by atoms with Crippen LogP contribution in [0.25, 0.3) is 5.65 Å². The molecule has 0 spiro atoms. The number of hydrogen-bond acceptors (Lipinski definition) is 2. The zero-order valence-electron chi connectivity index (χ0n) is 9.50. The number of anilines is 1. The van der Waals surface area contributed by atoms with Crippen molar-refractivity contribution < 1.29 is 4.39 Å². The number of imidazole rings is 1. The Bertz CT molecular complexity index is 448. The van der Waals surface area contributed by atoms with Crippen LogP contribution in [-0.4, -0.2) is 16.4 Å². The highest BCUT2D eigenvalue weighted by molar-refractivity contribution is 5.51. The van der Waals surface area contributed by atoms with Gasteiger partial charge in [-0.1, -0.05) is 13.8 Å². The Morgan fingerprint density at radius 1 is 1.33 bits per heavy atom. The van der Waals surface area contributed by atoms with Crippen molar-refractivity contribution in [2.75, 3.05) is 12.4 Å². The number of nitrogens with zero attached hydrogens (tertiary/aromatic N) is 2. The number of halogens is 1. The fourth-order valence-corrected chi connectivity index (χ4v) is 1.32. The van der Waals surface area contributed by atoms with E-state index in [0.717, 1.165) is 11.4 Å². The number of pyridine rings is 1. The highest BCUT2D eigenvalue weighted by Gasteiger charge is 2.05. The van der Waals surface area contributed by atoms with Gasteiger partial charge >= 0.3 is 0 Å². The molecule has 0 aliphatic carbocycles. The van der Waals surface area contributed by atoms with E-state index in [0.29, 0.717) is 5.65 Å². The second-order valence-electron chi connectivity index (χ2n) is 2.94. The van der Waals surface area contributed by atoms with E-state index in [2.05, 4.69) is 10.3 Å². The second kappa shape index (κ2) is 4.77. The number of hydrogen-bond donors (Lipinski definition) is 1. The molecule has 15 heavy (non-hydrogen) atoms. The minimum atomic E-state index is -0.306. The molecule has 0 amide bonds. The molecule has 0 aliphatic heterocycles. The topological polar surface area (TPSA) is 29.3 Å². The van der Waals surface area contributed by atoms with E-state index in [1.54, 1.807) is 23.8 Å². The molecule has 2 rings (SSSR count). The molecule has 0 saturated heterocycles. The first kappa shape index (κ1) is 11.5. The first-order valence-corrected chi connectivity index (χ1v) is 5.03. The normalized spacial score (nSPS) is 9.67. The van der Waals surface area contributed by atoms with Crippen molar-refractivity contribution in [1.29, 1.82) is 0 Å². The monoisotopic (exact) mass is 209 g/mol. The Balaban J connectivity index is 0.000000531.